The number of carboxylic acid groups (broad SMARTS) is 1. The average molecular weight is 203 g/mol. The van der Waals surface area contributed by atoms with Gasteiger partial charge in [0.2, 0.25) is 0 Å². The normalized spacial score (nSPS) is 32.8. The third-order valence-electron chi connectivity index (χ3n) is 3.14. The molecule has 0 amide bonds. The summed E-state index contributed by atoms with van der Waals surface area (Å²) in [5, 5.41) is 12.2. The highest BCUT2D eigenvalue weighted by molar-refractivity contribution is 7.99. The Bertz CT molecular complexity index is 218. The van der Waals surface area contributed by atoms with Crippen LogP contribution in [0.25, 0.3) is 0 Å². The molecule has 0 spiro atoms. The molecule has 76 valence electrons. The third-order valence-corrected chi connectivity index (χ3v) is 4.27. The Morgan fingerprint density at radius 3 is 2.46 bits per heavy atom. The number of hydrogen-bond donors (Lipinski definition) is 2. The molecule has 1 saturated heterocycles. The van der Waals surface area contributed by atoms with E-state index in [1.54, 1.807) is 18.8 Å². The quantitative estimate of drug-likeness (QED) is 0.708. The number of carbonyl (C=O) groups is 1. The van der Waals surface area contributed by atoms with Gasteiger partial charge in [0, 0.05) is 5.75 Å². The number of nitrogens with one attached hydrogen (secondary N) is 1. The molecule has 0 bridgehead atoms. The number of hydrogen-bond acceptors (Lipinski definition) is 3. The molecule has 1 unspecified atom stereocenters. The van der Waals surface area contributed by atoms with Crippen LogP contribution < -0.4 is 5.32 Å². The van der Waals surface area contributed by atoms with Crippen LogP contribution >= 0.6 is 11.8 Å². The molecular weight excluding hydrogens is 186 g/mol. The van der Waals surface area contributed by atoms with E-state index in [4.69, 9.17) is 0 Å². The Morgan fingerprint density at radius 2 is 2.15 bits per heavy atom. The first-order chi connectivity index (χ1) is 5.96. The highest BCUT2D eigenvalue weighted by Gasteiger charge is 2.51. The van der Waals surface area contributed by atoms with Crippen LogP contribution in [0.3, 0.4) is 0 Å². The largest absolute Gasteiger partial charge is 0.480 e. The van der Waals surface area contributed by atoms with Gasteiger partial charge in [0.25, 0.3) is 0 Å². The van der Waals surface area contributed by atoms with E-state index < -0.39 is 11.5 Å². The molecule has 0 saturated carbocycles. The van der Waals surface area contributed by atoms with Gasteiger partial charge >= 0.3 is 5.97 Å². The van der Waals surface area contributed by atoms with E-state index in [2.05, 4.69) is 5.32 Å². The van der Waals surface area contributed by atoms with E-state index in [0.717, 1.165) is 12.2 Å². The van der Waals surface area contributed by atoms with Crippen molar-refractivity contribution in [1.29, 1.82) is 0 Å². The van der Waals surface area contributed by atoms with Crippen molar-refractivity contribution < 1.29 is 9.90 Å². The number of thioether (sulfide) groups is 1. The van der Waals surface area contributed by atoms with Gasteiger partial charge in [-0.1, -0.05) is 13.8 Å². The molecule has 1 atom stereocenters. The van der Waals surface area contributed by atoms with Crippen molar-refractivity contribution in [2.24, 2.45) is 5.41 Å². The summed E-state index contributed by atoms with van der Waals surface area (Å²) >= 11 is 1.71. The monoisotopic (exact) mass is 203 g/mol. The van der Waals surface area contributed by atoms with E-state index in [9.17, 15) is 9.90 Å². The molecule has 13 heavy (non-hydrogen) atoms. The molecule has 1 heterocycles. The van der Waals surface area contributed by atoms with E-state index in [1.165, 1.54) is 0 Å². The molecule has 1 rings (SSSR count). The lowest BCUT2D eigenvalue weighted by Gasteiger charge is -2.46. The molecule has 1 aliphatic rings. The second-order valence-electron chi connectivity index (χ2n) is 4.15. The van der Waals surface area contributed by atoms with Gasteiger partial charge in [0.05, 0.1) is 0 Å². The standard InChI is InChI=1S/C9H17NO2S/c1-8(2)4-5-13-6-9(8,10-3)7(11)12/h10H,4-6H2,1-3H3,(H,11,12). The molecule has 3 nitrogen and oxygen atoms in total. The second kappa shape index (κ2) is 3.50. The fourth-order valence-corrected chi connectivity index (χ4v) is 3.59. The summed E-state index contributed by atoms with van der Waals surface area (Å²) in [5.74, 6) is 0.988. The lowest BCUT2D eigenvalue weighted by molar-refractivity contribution is -0.149. The highest BCUT2D eigenvalue weighted by atomic mass is 32.2. The number of rotatable bonds is 2. The Kier molecular flexibility index (Phi) is 2.92. The Labute approximate surface area is 83.3 Å². The van der Waals surface area contributed by atoms with Crippen LogP contribution in [0.2, 0.25) is 0 Å². The number of likely N-dealkylation sites (N-methyl/N-ethyl adjacent to an activating group) is 1. The second-order valence-corrected chi connectivity index (χ2v) is 5.25. The average Bonchev–Trinajstić information content (AvgIpc) is 2.03. The predicted molar refractivity (Wildman–Crippen MR) is 55.1 cm³/mol. The summed E-state index contributed by atoms with van der Waals surface area (Å²) in [6.45, 7) is 4.05. The van der Waals surface area contributed by atoms with Crippen molar-refractivity contribution in [3.8, 4) is 0 Å². The summed E-state index contributed by atoms with van der Waals surface area (Å²) in [4.78, 5) is 11.2. The van der Waals surface area contributed by atoms with E-state index >= 15 is 0 Å². The van der Waals surface area contributed by atoms with Gasteiger partial charge in [-0.05, 0) is 24.6 Å². The Morgan fingerprint density at radius 1 is 1.54 bits per heavy atom. The van der Waals surface area contributed by atoms with Crippen molar-refractivity contribution in [3.05, 3.63) is 0 Å². The first kappa shape index (κ1) is 10.9. The van der Waals surface area contributed by atoms with Gasteiger partial charge in [-0.3, -0.25) is 4.79 Å². The van der Waals surface area contributed by atoms with Crippen LogP contribution in [0.5, 0.6) is 0 Å². The van der Waals surface area contributed by atoms with Crippen molar-refractivity contribution in [1.82, 2.24) is 5.32 Å². The van der Waals surface area contributed by atoms with Crippen molar-refractivity contribution >= 4 is 17.7 Å². The molecule has 1 aliphatic heterocycles. The maximum absolute atomic E-state index is 11.2. The predicted octanol–water partition coefficient (Wildman–Crippen LogP) is 1.19. The lowest BCUT2D eigenvalue weighted by Crippen LogP contribution is -2.64. The minimum atomic E-state index is -0.754. The van der Waals surface area contributed by atoms with E-state index in [-0.39, 0.29) is 5.41 Å². The van der Waals surface area contributed by atoms with Crippen molar-refractivity contribution in [2.75, 3.05) is 18.6 Å². The Balaban J connectivity index is 2.99. The zero-order valence-electron chi connectivity index (χ0n) is 8.39. The molecular formula is C9H17NO2S. The van der Waals surface area contributed by atoms with E-state index in [1.807, 2.05) is 13.8 Å². The maximum atomic E-state index is 11.2. The summed E-state index contributed by atoms with van der Waals surface area (Å²) in [7, 11) is 1.74. The highest BCUT2D eigenvalue weighted by Crippen LogP contribution is 2.42. The first-order valence-corrected chi connectivity index (χ1v) is 5.62. The van der Waals surface area contributed by atoms with Gasteiger partial charge in [-0.2, -0.15) is 11.8 Å². The van der Waals surface area contributed by atoms with Crippen molar-refractivity contribution in [2.45, 2.75) is 25.8 Å². The molecule has 0 radical (unpaired) electrons. The van der Waals surface area contributed by atoms with E-state index in [0.29, 0.717) is 5.75 Å². The minimum Gasteiger partial charge on any atom is -0.480 e. The van der Waals surface area contributed by atoms with Crippen LogP contribution in [0.1, 0.15) is 20.3 Å². The Hall–Kier alpha value is -0.220. The minimum absolute atomic E-state index is 0.168. The molecule has 0 aromatic heterocycles. The molecule has 0 aromatic rings. The number of aliphatic carboxylic acids is 1. The summed E-state index contributed by atoms with van der Waals surface area (Å²) in [6.07, 6.45) is 0.949. The first-order valence-electron chi connectivity index (χ1n) is 4.46. The fourth-order valence-electron chi connectivity index (χ4n) is 1.83. The van der Waals surface area contributed by atoms with Crippen LogP contribution in [0, 0.1) is 5.41 Å². The van der Waals surface area contributed by atoms with Crippen LogP contribution in [0.15, 0.2) is 0 Å². The summed E-state index contributed by atoms with van der Waals surface area (Å²) in [5.41, 5.74) is -0.922. The molecule has 4 heteroatoms. The van der Waals surface area contributed by atoms with Crippen LogP contribution in [-0.4, -0.2) is 35.2 Å². The molecule has 0 aromatic carbocycles. The van der Waals surface area contributed by atoms with Crippen molar-refractivity contribution in [3.63, 3.8) is 0 Å². The topological polar surface area (TPSA) is 49.3 Å². The summed E-state index contributed by atoms with van der Waals surface area (Å²) in [6, 6.07) is 0. The van der Waals surface area contributed by atoms with Crippen LogP contribution in [-0.2, 0) is 4.79 Å². The smallest absolute Gasteiger partial charge is 0.325 e. The fraction of sp³-hybridized carbons (Fsp3) is 0.889. The van der Waals surface area contributed by atoms with Gasteiger partial charge in [0.1, 0.15) is 5.54 Å². The zero-order valence-corrected chi connectivity index (χ0v) is 9.20. The zero-order chi connectivity index (χ0) is 10.1. The SMILES string of the molecule is CNC1(C(=O)O)CSCCC1(C)C. The van der Waals surface area contributed by atoms with Crippen LogP contribution in [0.4, 0.5) is 0 Å². The number of carboxylic acids is 1. The summed E-state index contributed by atoms with van der Waals surface area (Å²) < 4.78 is 0. The molecule has 2 N–H and O–H groups in total. The third kappa shape index (κ3) is 1.57. The van der Waals surface area contributed by atoms with Gasteiger partial charge < -0.3 is 10.4 Å². The lowest BCUT2D eigenvalue weighted by atomic mass is 9.71. The molecule has 0 aliphatic carbocycles. The van der Waals surface area contributed by atoms with Gasteiger partial charge in [-0.25, -0.2) is 0 Å². The molecule has 1 fully saturated rings. The van der Waals surface area contributed by atoms with Gasteiger partial charge in [0.15, 0.2) is 0 Å². The van der Waals surface area contributed by atoms with Gasteiger partial charge in [-0.15, -0.1) is 0 Å². The maximum Gasteiger partial charge on any atom is 0.325 e.